The van der Waals surface area contributed by atoms with Crippen LogP contribution in [0.4, 0.5) is 0 Å². The Bertz CT molecular complexity index is 219. The lowest BCUT2D eigenvalue weighted by Crippen LogP contribution is -2.44. The first-order chi connectivity index (χ1) is 5.66. The molecule has 1 unspecified atom stereocenters. The molecule has 2 atom stereocenters. The summed E-state index contributed by atoms with van der Waals surface area (Å²) in [6.45, 7) is 2.33. The molecule has 0 spiro atoms. The molecule has 0 saturated carbocycles. The van der Waals surface area contributed by atoms with Gasteiger partial charge in [-0.25, -0.2) is 0 Å². The van der Waals surface area contributed by atoms with Gasteiger partial charge in [0.25, 0.3) is 0 Å². The molecule has 0 aromatic carbocycles. The van der Waals surface area contributed by atoms with Crippen LogP contribution < -0.4 is 5.73 Å². The van der Waals surface area contributed by atoms with Crippen molar-refractivity contribution < 1.29 is 4.79 Å². The molecule has 1 amide bonds. The molecule has 66 valence electrons. The van der Waals surface area contributed by atoms with Crippen LogP contribution in [0.15, 0.2) is 0 Å². The number of hydrogen-bond acceptors (Lipinski definition) is 3. The topological polar surface area (TPSA) is 70.1 Å². The molecule has 0 aromatic heterocycles. The summed E-state index contributed by atoms with van der Waals surface area (Å²) in [6.07, 6.45) is 1.70. The second kappa shape index (κ2) is 3.55. The number of nitrogens with zero attached hydrogens (tertiary/aromatic N) is 2. The van der Waals surface area contributed by atoms with Crippen molar-refractivity contribution in [1.29, 1.82) is 5.26 Å². The van der Waals surface area contributed by atoms with Gasteiger partial charge in [-0.3, -0.25) is 4.79 Å². The molecule has 1 aliphatic heterocycles. The largest absolute Gasteiger partial charge is 0.325 e. The first kappa shape index (κ1) is 9.01. The summed E-state index contributed by atoms with van der Waals surface area (Å²) in [5.41, 5.74) is 5.43. The predicted molar refractivity (Wildman–Crippen MR) is 44.0 cm³/mol. The minimum atomic E-state index is -0.487. The van der Waals surface area contributed by atoms with Crippen molar-refractivity contribution in [2.45, 2.75) is 31.8 Å². The summed E-state index contributed by atoms with van der Waals surface area (Å²) in [5.74, 6) is -0.112. The van der Waals surface area contributed by atoms with Gasteiger partial charge >= 0.3 is 0 Å². The Balaban J connectivity index is 2.63. The fourth-order valence-electron chi connectivity index (χ4n) is 1.43. The maximum atomic E-state index is 11.4. The Labute approximate surface area is 71.9 Å². The van der Waals surface area contributed by atoms with Gasteiger partial charge in [-0.1, -0.05) is 0 Å². The van der Waals surface area contributed by atoms with Gasteiger partial charge in [0.15, 0.2) is 0 Å². The molecule has 0 aromatic rings. The second-order valence-corrected chi connectivity index (χ2v) is 3.11. The lowest BCUT2D eigenvalue weighted by atomic mass is 10.2. The standard InChI is InChI=1S/C8H13N3O/c1-6(10)8(12)11-4-2-3-7(11)5-9/h6-7H,2-4,10H2,1H3/t6-,7?/m0/s1. The highest BCUT2D eigenvalue weighted by molar-refractivity contribution is 5.82. The lowest BCUT2D eigenvalue weighted by Gasteiger charge is -2.21. The van der Waals surface area contributed by atoms with Crippen LogP contribution in [0.2, 0.25) is 0 Å². The quantitative estimate of drug-likeness (QED) is 0.590. The van der Waals surface area contributed by atoms with E-state index in [9.17, 15) is 4.79 Å². The van der Waals surface area contributed by atoms with Gasteiger partial charge in [0.05, 0.1) is 12.1 Å². The third kappa shape index (κ3) is 1.56. The molecule has 12 heavy (non-hydrogen) atoms. The Morgan fingerprint density at radius 2 is 2.50 bits per heavy atom. The van der Waals surface area contributed by atoms with E-state index in [4.69, 9.17) is 11.0 Å². The van der Waals surface area contributed by atoms with Crippen LogP contribution in [0.5, 0.6) is 0 Å². The average Bonchev–Trinajstić information content (AvgIpc) is 2.49. The molecule has 2 N–H and O–H groups in total. The van der Waals surface area contributed by atoms with Crippen LogP contribution in [-0.2, 0) is 4.79 Å². The first-order valence-electron chi connectivity index (χ1n) is 4.12. The fourth-order valence-corrected chi connectivity index (χ4v) is 1.43. The normalized spacial score (nSPS) is 25.1. The van der Waals surface area contributed by atoms with Crippen molar-refractivity contribution in [2.75, 3.05) is 6.54 Å². The van der Waals surface area contributed by atoms with Crippen LogP contribution in [0, 0.1) is 11.3 Å². The van der Waals surface area contributed by atoms with Crippen molar-refractivity contribution in [3.8, 4) is 6.07 Å². The molecular formula is C8H13N3O. The molecule has 0 radical (unpaired) electrons. The van der Waals surface area contributed by atoms with Crippen LogP contribution in [0.1, 0.15) is 19.8 Å². The summed E-state index contributed by atoms with van der Waals surface area (Å²) in [7, 11) is 0. The number of likely N-dealkylation sites (tertiary alicyclic amines) is 1. The second-order valence-electron chi connectivity index (χ2n) is 3.11. The molecule has 1 saturated heterocycles. The van der Waals surface area contributed by atoms with Gasteiger partial charge in [0.2, 0.25) is 5.91 Å². The Hall–Kier alpha value is -1.08. The van der Waals surface area contributed by atoms with E-state index in [0.717, 1.165) is 12.8 Å². The van der Waals surface area contributed by atoms with Crippen LogP contribution in [0.3, 0.4) is 0 Å². The van der Waals surface area contributed by atoms with Gasteiger partial charge in [-0.05, 0) is 19.8 Å². The van der Waals surface area contributed by atoms with Crippen LogP contribution >= 0.6 is 0 Å². The van der Waals surface area contributed by atoms with Crippen molar-refractivity contribution in [3.63, 3.8) is 0 Å². The molecule has 1 rings (SSSR count). The molecule has 1 fully saturated rings. The summed E-state index contributed by atoms with van der Waals surface area (Å²) >= 11 is 0. The van der Waals surface area contributed by atoms with Gasteiger partial charge in [-0.15, -0.1) is 0 Å². The predicted octanol–water partition coefficient (Wildman–Crippen LogP) is -0.152. The summed E-state index contributed by atoms with van der Waals surface area (Å²) < 4.78 is 0. The SMILES string of the molecule is C[C@H](N)C(=O)N1CCCC1C#N. The maximum absolute atomic E-state index is 11.4. The van der Waals surface area contributed by atoms with Gasteiger partial charge in [0, 0.05) is 6.54 Å². The van der Waals surface area contributed by atoms with Gasteiger partial charge in [-0.2, -0.15) is 5.26 Å². The fraction of sp³-hybridized carbons (Fsp3) is 0.750. The molecule has 1 heterocycles. The van der Waals surface area contributed by atoms with E-state index in [1.165, 1.54) is 0 Å². The van der Waals surface area contributed by atoms with E-state index in [2.05, 4.69) is 6.07 Å². The Morgan fingerprint density at radius 3 is 3.00 bits per heavy atom. The summed E-state index contributed by atoms with van der Waals surface area (Å²) in [4.78, 5) is 12.9. The number of carbonyl (C=O) groups is 1. The summed E-state index contributed by atoms with van der Waals surface area (Å²) in [6, 6.07) is 1.37. The minimum absolute atomic E-state index is 0.112. The first-order valence-corrected chi connectivity index (χ1v) is 4.12. The number of carbonyl (C=O) groups excluding carboxylic acids is 1. The van der Waals surface area contributed by atoms with Crippen LogP contribution in [-0.4, -0.2) is 29.4 Å². The molecule has 1 aliphatic rings. The highest BCUT2D eigenvalue weighted by Crippen LogP contribution is 2.16. The van der Waals surface area contributed by atoms with Crippen molar-refractivity contribution >= 4 is 5.91 Å². The van der Waals surface area contributed by atoms with Crippen molar-refractivity contribution in [2.24, 2.45) is 5.73 Å². The van der Waals surface area contributed by atoms with E-state index >= 15 is 0 Å². The molecule has 4 nitrogen and oxygen atoms in total. The van der Waals surface area contributed by atoms with Gasteiger partial charge < -0.3 is 10.6 Å². The highest BCUT2D eigenvalue weighted by atomic mass is 16.2. The van der Waals surface area contributed by atoms with Crippen LogP contribution in [0.25, 0.3) is 0 Å². The van der Waals surface area contributed by atoms with E-state index in [1.54, 1.807) is 11.8 Å². The zero-order valence-electron chi connectivity index (χ0n) is 7.16. The van der Waals surface area contributed by atoms with Crippen molar-refractivity contribution in [1.82, 2.24) is 4.90 Å². The van der Waals surface area contributed by atoms with Gasteiger partial charge in [0.1, 0.15) is 6.04 Å². The Kier molecular flexibility index (Phi) is 2.66. The third-order valence-corrected chi connectivity index (χ3v) is 2.07. The van der Waals surface area contributed by atoms with Crippen molar-refractivity contribution in [3.05, 3.63) is 0 Å². The number of amides is 1. The zero-order chi connectivity index (χ0) is 9.14. The third-order valence-electron chi connectivity index (χ3n) is 2.07. The maximum Gasteiger partial charge on any atom is 0.240 e. The van der Waals surface area contributed by atoms with E-state index in [0.29, 0.717) is 6.54 Å². The number of nitriles is 1. The number of hydrogen-bond donors (Lipinski definition) is 1. The molecule has 0 bridgehead atoms. The number of nitrogens with two attached hydrogens (primary N) is 1. The van der Waals surface area contributed by atoms with E-state index < -0.39 is 6.04 Å². The lowest BCUT2D eigenvalue weighted by molar-refractivity contribution is -0.132. The minimum Gasteiger partial charge on any atom is -0.325 e. The molecule has 4 heteroatoms. The van der Waals surface area contributed by atoms with E-state index in [-0.39, 0.29) is 11.9 Å². The average molecular weight is 167 g/mol. The highest BCUT2D eigenvalue weighted by Gasteiger charge is 2.29. The smallest absolute Gasteiger partial charge is 0.240 e. The number of rotatable bonds is 1. The summed E-state index contributed by atoms with van der Waals surface area (Å²) in [5, 5.41) is 8.68. The zero-order valence-corrected chi connectivity index (χ0v) is 7.16. The molecule has 0 aliphatic carbocycles. The molecular weight excluding hydrogens is 154 g/mol. The monoisotopic (exact) mass is 167 g/mol. The Morgan fingerprint density at radius 1 is 1.83 bits per heavy atom. The van der Waals surface area contributed by atoms with E-state index in [1.807, 2.05) is 0 Å².